The molecule has 7 rings (SSSR count). The molecule has 1 unspecified atom stereocenters. The lowest BCUT2D eigenvalue weighted by molar-refractivity contribution is -0.123. The summed E-state index contributed by atoms with van der Waals surface area (Å²) in [6, 6.07) is 0. The van der Waals surface area contributed by atoms with Crippen LogP contribution in [-0.4, -0.2) is 82.3 Å². The molecule has 2 bridgehead atoms. The van der Waals surface area contributed by atoms with Gasteiger partial charge in [-0.15, -0.1) is 0 Å². The molecule has 7 heterocycles. The van der Waals surface area contributed by atoms with Gasteiger partial charge in [0.15, 0.2) is 35.3 Å². The number of imidazole rings is 2. The van der Waals surface area contributed by atoms with Gasteiger partial charge < -0.3 is 20.9 Å². The molecule has 0 radical (unpaired) electrons. The molecule has 10 atom stereocenters. The normalized spacial score (nSPS) is 38.2. The van der Waals surface area contributed by atoms with Gasteiger partial charge in [-0.3, -0.25) is 27.2 Å². The largest absolute Gasteiger partial charge is 0.386 e. The lowest BCUT2D eigenvalue weighted by atomic mass is 9.87. The molecule has 3 aliphatic rings. The first-order chi connectivity index (χ1) is 22.4. The lowest BCUT2D eigenvalue weighted by Crippen LogP contribution is -2.46. The summed E-state index contributed by atoms with van der Waals surface area (Å²) in [5.41, 5.74) is 11.7. The Balaban J connectivity index is 1.26. The number of alkyl halides is 1. The molecule has 254 valence electrons. The number of halogens is 1. The number of hydrogen-bond acceptors (Lipinski definition) is 16. The van der Waals surface area contributed by atoms with Gasteiger partial charge in [0.25, 0.3) is 0 Å². The number of nitrogens with two attached hydrogens (primary N) is 2. The van der Waals surface area contributed by atoms with Crippen molar-refractivity contribution in [2.75, 3.05) is 24.7 Å². The summed E-state index contributed by atoms with van der Waals surface area (Å²) in [6.07, 6.45) is -2.06. The molecular weight excluding hydrogens is 701 g/mol. The number of thiol groups is 2. The summed E-state index contributed by atoms with van der Waals surface area (Å²) in [4.78, 5) is 25.0. The molecule has 3 aliphatic heterocycles. The lowest BCUT2D eigenvalue weighted by Gasteiger charge is -2.35. The van der Waals surface area contributed by atoms with E-state index in [0.717, 1.165) is 0 Å². The van der Waals surface area contributed by atoms with Crippen molar-refractivity contribution in [3.05, 3.63) is 25.3 Å². The molecule has 0 aromatic carbocycles. The molecule has 47 heavy (non-hydrogen) atoms. The number of ether oxygens (including phenoxy) is 2. The Morgan fingerprint density at radius 3 is 2.11 bits per heavy atom. The molecule has 0 aliphatic carbocycles. The van der Waals surface area contributed by atoms with Crippen molar-refractivity contribution in [3.63, 3.8) is 0 Å². The summed E-state index contributed by atoms with van der Waals surface area (Å²) in [5, 5.41) is 0. The van der Waals surface area contributed by atoms with E-state index < -0.39 is 75.3 Å². The molecule has 23 heteroatoms. The van der Waals surface area contributed by atoms with Crippen LogP contribution in [0.15, 0.2) is 25.3 Å². The standard InChI is InChI=1S/C24H31FN10O8P2S2/c1-3-11-17-24(4-2,41-22(11)34-9-32-14-18(26)28-7-30-20(14)34)6-39-45(37,47)42-16-13(25)12(5-38-44(36,46)43-17)40-23(16)35-10-33-15-19(27)29-8-31-21(15)35/h7-13,16-17,22-23H,3-6H2,1-2H3,(H,36,46)(H,37,47)(H2,26,28,30)(H2,27,29,31)/t11-,12-,13+,16-,17+,22-,23-,24-,44-,45?/m1/s1. The van der Waals surface area contributed by atoms with E-state index in [1.54, 1.807) is 11.5 Å². The maximum Gasteiger partial charge on any atom is 0.386 e. The van der Waals surface area contributed by atoms with Crippen LogP contribution in [0.5, 0.6) is 0 Å². The average molecular weight is 733 g/mol. The fourth-order valence-electron chi connectivity index (χ4n) is 6.29. The van der Waals surface area contributed by atoms with Gasteiger partial charge in [-0.2, -0.15) is 0 Å². The van der Waals surface area contributed by atoms with E-state index in [9.17, 15) is 9.13 Å². The third-order valence-corrected chi connectivity index (χ3v) is 11.9. The van der Waals surface area contributed by atoms with Crippen LogP contribution in [0.3, 0.4) is 0 Å². The smallest absolute Gasteiger partial charge is 0.382 e. The Bertz CT molecular complexity index is 1920. The quantitative estimate of drug-likeness (QED) is 0.173. The minimum absolute atomic E-state index is 0.0821. The summed E-state index contributed by atoms with van der Waals surface area (Å²) in [5.74, 6) is -0.260. The topological polar surface area (TPSA) is 229 Å². The van der Waals surface area contributed by atoms with Crippen LogP contribution in [-0.2, 0) is 36.7 Å². The first-order valence-corrected chi connectivity index (χ1v) is 19.9. The molecule has 4 aromatic rings. The highest BCUT2D eigenvalue weighted by atomic mass is 32.7. The molecule has 3 fully saturated rings. The fraction of sp³-hybridized carbons (Fsp3) is 0.583. The summed E-state index contributed by atoms with van der Waals surface area (Å²) in [7, 11) is 0. The number of nitrogens with zero attached hydrogens (tertiary/aromatic N) is 8. The van der Waals surface area contributed by atoms with Crippen LogP contribution >= 0.6 is 38.1 Å². The van der Waals surface area contributed by atoms with Crippen molar-refractivity contribution < 1.29 is 41.1 Å². The molecule has 18 nitrogen and oxygen atoms in total. The van der Waals surface area contributed by atoms with Crippen molar-refractivity contribution in [1.82, 2.24) is 39.0 Å². The average Bonchev–Trinajstić information content (AvgIpc) is 3.79. The minimum Gasteiger partial charge on any atom is -0.382 e. The number of hydrogen-bond donors (Lipinski definition) is 4. The van der Waals surface area contributed by atoms with Gasteiger partial charge in [0.2, 0.25) is 0 Å². The highest BCUT2D eigenvalue weighted by Crippen LogP contribution is 2.63. The van der Waals surface area contributed by atoms with Gasteiger partial charge >= 0.3 is 13.6 Å². The fourth-order valence-corrected chi connectivity index (χ4v) is 9.29. The van der Waals surface area contributed by atoms with E-state index >= 15 is 4.39 Å². The minimum atomic E-state index is -4.37. The van der Waals surface area contributed by atoms with Gasteiger partial charge in [0, 0.05) is 5.92 Å². The van der Waals surface area contributed by atoms with E-state index in [2.05, 4.69) is 54.4 Å². The number of aromatic nitrogens is 8. The van der Waals surface area contributed by atoms with E-state index in [-0.39, 0.29) is 29.2 Å². The second kappa shape index (κ2) is 12.2. The molecule has 3 saturated heterocycles. The van der Waals surface area contributed by atoms with E-state index in [1.165, 1.54) is 29.9 Å². The zero-order valence-corrected chi connectivity index (χ0v) is 28.4. The van der Waals surface area contributed by atoms with E-state index in [1.807, 2.05) is 6.92 Å². The number of anilines is 2. The Morgan fingerprint density at radius 2 is 1.51 bits per heavy atom. The van der Waals surface area contributed by atoms with E-state index in [4.69, 9.17) is 39.0 Å². The van der Waals surface area contributed by atoms with Crippen molar-refractivity contribution in [2.24, 2.45) is 5.92 Å². The van der Waals surface area contributed by atoms with E-state index in [0.29, 0.717) is 17.6 Å². The second-order valence-corrected chi connectivity index (χ2v) is 17.0. The van der Waals surface area contributed by atoms with Crippen LogP contribution < -0.4 is 11.5 Å². The van der Waals surface area contributed by atoms with Gasteiger partial charge in [0.1, 0.15) is 53.8 Å². The first kappa shape index (κ1) is 33.1. The Kier molecular flexibility index (Phi) is 8.55. The van der Waals surface area contributed by atoms with Crippen LogP contribution in [0.1, 0.15) is 39.1 Å². The van der Waals surface area contributed by atoms with Gasteiger partial charge in [-0.05, 0) is 12.8 Å². The van der Waals surface area contributed by atoms with Gasteiger partial charge in [-0.1, -0.05) is 38.3 Å². The summed E-state index contributed by atoms with van der Waals surface area (Å²) >= 11 is 8.46. The van der Waals surface area contributed by atoms with Crippen molar-refractivity contribution >= 4 is 72.1 Å². The maximum absolute atomic E-state index is 16.1. The Morgan fingerprint density at radius 1 is 0.915 bits per heavy atom. The molecule has 4 aromatic heterocycles. The van der Waals surface area contributed by atoms with Crippen LogP contribution in [0.25, 0.3) is 22.3 Å². The second-order valence-electron chi connectivity index (χ2n) is 11.3. The predicted molar refractivity (Wildman–Crippen MR) is 170 cm³/mol. The summed E-state index contributed by atoms with van der Waals surface area (Å²) in [6.45, 7) is -5.96. The summed E-state index contributed by atoms with van der Waals surface area (Å²) < 4.78 is 82.8. The third kappa shape index (κ3) is 5.73. The number of rotatable bonds is 4. The number of fused-ring (bicyclic) bond motifs is 5. The Hall–Kier alpha value is -2.45. The monoisotopic (exact) mass is 732 g/mol. The highest BCUT2D eigenvalue weighted by molar-refractivity contribution is 8.44. The molecular formula is C24H31FN10O8P2S2. The van der Waals surface area contributed by atoms with Crippen LogP contribution in [0.2, 0.25) is 0 Å². The van der Waals surface area contributed by atoms with Crippen molar-refractivity contribution in [2.45, 2.75) is 69.2 Å². The molecule has 0 amide bonds. The molecule has 0 saturated carbocycles. The zero-order valence-electron chi connectivity index (χ0n) is 24.8. The predicted octanol–water partition coefficient (Wildman–Crippen LogP) is 3.66. The van der Waals surface area contributed by atoms with Crippen LogP contribution in [0, 0.1) is 5.92 Å². The van der Waals surface area contributed by atoms with Crippen molar-refractivity contribution in [3.8, 4) is 0 Å². The first-order valence-electron chi connectivity index (χ1n) is 14.5. The zero-order chi connectivity index (χ0) is 33.3. The Labute approximate surface area is 276 Å². The van der Waals surface area contributed by atoms with Gasteiger partial charge in [-0.25, -0.2) is 43.4 Å². The van der Waals surface area contributed by atoms with Crippen molar-refractivity contribution in [1.29, 1.82) is 0 Å². The third-order valence-electron chi connectivity index (χ3n) is 8.66. The van der Waals surface area contributed by atoms with Gasteiger partial charge in [0.05, 0.1) is 25.9 Å². The van der Waals surface area contributed by atoms with Crippen LogP contribution in [0.4, 0.5) is 16.0 Å². The maximum atomic E-state index is 16.1. The number of nitrogen functional groups attached to an aromatic ring is 2. The molecule has 0 spiro atoms. The SMILES string of the molecule is CC[C@H]1[C@H](n2cnc3c(N)ncnc32)O[C@]2(CC)COP(=O)(S)O[C@@H]3[C@@H](F)[C@@H](CO[P@@](=O)(S)O[C@@H]12)O[C@H]3n1cnc2c(N)ncnc21. The molecule has 4 N–H and O–H groups in total. The highest BCUT2D eigenvalue weighted by Gasteiger charge is 2.59.